The Kier molecular flexibility index (Phi) is 5.91. The Morgan fingerprint density at radius 3 is 2.22 bits per heavy atom. The highest BCUT2D eigenvalue weighted by Crippen LogP contribution is 2.24. The lowest BCUT2D eigenvalue weighted by Crippen LogP contribution is -2.16. The van der Waals surface area contributed by atoms with Gasteiger partial charge in [-0.3, -0.25) is 4.72 Å². The fraction of sp³-hybridized carbons (Fsp3) is 0.294. The van der Waals surface area contributed by atoms with E-state index in [4.69, 9.17) is 11.6 Å². The number of sulfonamides is 1. The average Bonchev–Trinajstić information content (AvgIpc) is 2.51. The zero-order valence-electron chi connectivity index (χ0n) is 13.3. The van der Waals surface area contributed by atoms with Gasteiger partial charge in [-0.2, -0.15) is 0 Å². The van der Waals surface area contributed by atoms with Crippen LogP contribution in [0.5, 0.6) is 0 Å². The van der Waals surface area contributed by atoms with Gasteiger partial charge < -0.3 is 5.32 Å². The summed E-state index contributed by atoms with van der Waals surface area (Å²) >= 11 is 6.10. The molecule has 0 bridgehead atoms. The normalized spacial score (nSPS) is 11.3. The number of halogens is 1. The molecule has 0 unspecified atom stereocenters. The molecule has 2 rings (SSSR count). The summed E-state index contributed by atoms with van der Waals surface area (Å²) in [5, 5.41) is 3.94. The Bertz CT molecular complexity index is 759. The largest absolute Gasteiger partial charge is 0.355 e. The van der Waals surface area contributed by atoms with E-state index in [1.54, 1.807) is 12.1 Å². The topological polar surface area (TPSA) is 58.2 Å². The van der Waals surface area contributed by atoms with Crippen molar-refractivity contribution in [3.8, 4) is 0 Å². The third kappa shape index (κ3) is 5.44. The number of hydrogen-bond acceptors (Lipinski definition) is 3. The molecule has 0 fully saturated rings. The van der Waals surface area contributed by atoms with E-state index in [0.717, 1.165) is 23.4 Å². The second-order valence-electron chi connectivity index (χ2n) is 5.44. The minimum absolute atomic E-state index is 0.144. The van der Waals surface area contributed by atoms with E-state index >= 15 is 0 Å². The fourth-order valence-corrected chi connectivity index (χ4v) is 3.47. The van der Waals surface area contributed by atoms with E-state index in [0.29, 0.717) is 17.1 Å². The molecule has 0 amide bonds. The average molecular weight is 353 g/mol. The summed E-state index contributed by atoms with van der Waals surface area (Å²) in [6.07, 6.45) is 1.51. The number of nitrogens with one attached hydrogen (secondary N) is 2. The summed E-state index contributed by atoms with van der Waals surface area (Å²) in [4.78, 5) is 0. The summed E-state index contributed by atoms with van der Waals surface area (Å²) in [7, 11) is -3.27. The summed E-state index contributed by atoms with van der Waals surface area (Å²) < 4.78 is 26.3. The highest BCUT2D eigenvalue weighted by atomic mass is 35.5. The van der Waals surface area contributed by atoms with Crippen LogP contribution in [0.3, 0.4) is 0 Å². The molecule has 0 heterocycles. The Morgan fingerprint density at radius 2 is 1.61 bits per heavy atom. The van der Waals surface area contributed by atoms with Crippen molar-refractivity contribution in [2.45, 2.75) is 26.7 Å². The molecule has 0 atom stereocenters. The molecule has 6 heteroatoms. The summed E-state index contributed by atoms with van der Waals surface area (Å²) in [5.74, 6) is 0.144. The molecule has 0 spiro atoms. The van der Waals surface area contributed by atoms with Gasteiger partial charge >= 0.3 is 0 Å². The van der Waals surface area contributed by atoms with E-state index < -0.39 is 10.0 Å². The first kappa shape index (κ1) is 17.6. The van der Waals surface area contributed by atoms with E-state index in [9.17, 15) is 8.42 Å². The number of hydrogen-bond donors (Lipinski definition) is 2. The molecule has 0 aliphatic rings. The molecule has 0 saturated carbocycles. The molecule has 0 aromatic heterocycles. The van der Waals surface area contributed by atoms with Gasteiger partial charge in [-0.15, -0.1) is 0 Å². The Labute approximate surface area is 142 Å². The smallest absolute Gasteiger partial charge is 0.232 e. The summed E-state index contributed by atoms with van der Waals surface area (Å²) in [5.41, 5.74) is 3.33. The van der Waals surface area contributed by atoms with Gasteiger partial charge in [0.25, 0.3) is 0 Å². The van der Waals surface area contributed by atoms with Gasteiger partial charge in [-0.1, -0.05) is 31.0 Å². The molecule has 4 nitrogen and oxygen atoms in total. The SMILES string of the molecule is CCCCS(=O)(=O)Nc1ccc(Nc2ccc(C)c(Cl)c2)cc1. The number of aryl methyl sites for hydroxylation is 1. The first-order chi connectivity index (χ1) is 10.9. The van der Waals surface area contributed by atoms with Crippen LogP contribution < -0.4 is 10.0 Å². The lowest BCUT2D eigenvalue weighted by molar-refractivity contribution is 0.598. The molecular formula is C17H21ClN2O2S. The van der Waals surface area contributed by atoms with Crippen molar-refractivity contribution in [1.29, 1.82) is 0 Å². The molecular weight excluding hydrogens is 332 g/mol. The van der Waals surface area contributed by atoms with Crippen molar-refractivity contribution in [2.24, 2.45) is 0 Å². The Balaban J connectivity index is 2.03. The highest BCUT2D eigenvalue weighted by molar-refractivity contribution is 7.92. The van der Waals surface area contributed by atoms with Gasteiger partial charge in [0.05, 0.1) is 5.75 Å². The monoisotopic (exact) mass is 352 g/mol. The fourth-order valence-electron chi connectivity index (χ4n) is 2.02. The van der Waals surface area contributed by atoms with Crippen molar-refractivity contribution in [1.82, 2.24) is 0 Å². The molecule has 124 valence electrons. The molecule has 0 aliphatic carbocycles. The van der Waals surface area contributed by atoms with Gasteiger partial charge in [0.2, 0.25) is 10.0 Å². The van der Waals surface area contributed by atoms with Crippen LogP contribution in [0.15, 0.2) is 42.5 Å². The van der Waals surface area contributed by atoms with Gasteiger partial charge in [-0.25, -0.2) is 8.42 Å². The van der Waals surface area contributed by atoms with Crippen LogP contribution in [0.1, 0.15) is 25.3 Å². The summed E-state index contributed by atoms with van der Waals surface area (Å²) in [6.45, 7) is 3.92. The molecule has 2 aromatic carbocycles. The van der Waals surface area contributed by atoms with Gasteiger partial charge in [0.15, 0.2) is 0 Å². The van der Waals surface area contributed by atoms with Crippen LogP contribution >= 0.6 is 11.6 Å². The lowest BCUT2D eigenvalue weighted by Gasteiger charge is -2.10. The third-order valence-corrected chi connectivity index (χ3v) is 5.17. The zero-order chi connectivity index (χ0) is 16.9. The van der Waals surface area contributed by atoms with Crippen molar-refractivity contribution in [2.75, 3.05) is 15.8 Å². The van der Waals surface area contributed by atoms with Crippen molar-refractivity contribution in [3.05, 3.63) is 53.1 Å². The van der Waals surface area contributed by atoms with Crippen molar-refractivity contribution >= 4 is 38.7 Å². The van der Waals surface area contributed by atoms with E-state index in [1.165, 1.54) is 0 Å². The molecule has 0 saturated heterocycles. The lowest BCUT2D eigenvalue weighted by atomic mass is 10.2. The second kappa shape index (κ2) is 7.70. The number of unbranched alkanes of at least 4 members (excludes halogenated alkanes) is 1. The van der Waals surface area contributed by atoms with E-state index in [1.807, 2.05) is 44.2 Å². The van der Waals surface area contributed by atoms with Crippen LogP contribution in [0.2, 0.25) is 5.02 Å². The van der Waals surface area contributed by atoms with Crippen LogP contribution in [0.4, 0.5) is 17.1 Å². The molecule has 2 aromatic rings. The number of anilines is 3. The van der Waals surface area contributed by atoms with Gasteiger partial charge in [0.1, 0.15) is 0 Å². The maximum absolute atomic E-state index is 11.9. The van der Waals surface area contributed by atoms with Crippen LogP contribution in [-0.4, -0.2) is 14.2 Å². The number of benzene rings is 2. The van der Waals surface area contributed by atoms with E-state index in [2.05, 4.69) is 10.0 Å². The van der Waals surface area contributed by atoms with Crippen LogP contribution in [-0.2, 0) is 10.0 Å². The first-order valence-electron chi connectivity index (χ1n) is 7.53. The maximum atomic E-state index is 11.9. The maximum Gasteiger partial charge on any atom is 0.232 e. The quantitative estimate of drug-likeness (QED) is 0.742. The molecule has 0 aliphatic heterocycles. The minimum atomic E-state index is -3.27. The van der Waals surface area contributed by atoms with E-state index in [-0.39, 0.29) is 5.75 Å². The molecule has 23 heavy (non-hydrogen) atoms. The third-order valence-electron chi connectivity index (χ3n) is 3.39. The van der Waals surface area contributed by atoms with Crippen LogP contribution in [0, 0.1) is 6.92 Å². The molecule has 0 radical (unpaired) electrons. The van der Waals surface area contributed by atoms with Crippen molar-refractivity contribution < 1.29 is 8.42 Å². The van der Waals surface area contributed by atoms with Crippen LogP contribution in [0.25, 0.3) is 0 Å². The highest BCUT2D eigenvalue weighted by Gasteiger charge is 2.09. The van der Waals surface area contributed by atoms with Gasteiger partial charge in [-0.05, 0) is 55.3 Å². The predicted octanol–water partition coefficient (Wildman–Crippen LogP) is 4.93. The minimum Gasteiger partial charge on any atom is -0.355 e. The van der Waals surface area contributed by atoms with Gasteiger partial charge in [0, 0.05) is 22.1 Å². The summed E-state index contributed by atoms with van der Waals surface area (Å²) in [6, 6.07) is 12.9. The standard InChI is InChI=1S/C17H21ClN2O2S/c1-3-4-11-23(21,22)20-15-9-7-14(8-10-15)19-16-6-5-13(2)17(18)12-16/h5-10,12,19-20H,3-4,11H2,1-2H3. The predicted molar refractivity (Wildman–Crippen MR) is 98.2 cm³/mol. The Hall–Kier alpha value is -1.72. The second-order valence-corrected chi connectivity index (χ2v) is 7.69. The molecule has 2 N–H and O–H groups in total. The first-order valence-corrected chi connectivity index (χ1v) is 9.56. The van der Waals surface area contributed by atoms with Crippen molar-refractivity contribution in [3.63, 3.8) is 0 Å². The zero-order valence-corrected chi connectivity index (χ0v) is 14.8. The number of rotatable bonds is 7. The Morgan fingerprint density at radius 1 is 1.00 bits per heavy atom.